The molecule has 0 bridgehead atoms. The molecule has 84 valence electrons. The smallest absolute Gasteiger partial charge is 0.0359 e. The number of benzene rings is 1. The van der Waals surface area contributed by atoms with Gasteiger partial charge in [0, 0.05) is 24.5 Å². The average Bonchev–Trinajstić information content (AvgIpc) is 2.20. The Morgan fingerprint density at radius 3 is 2.80 bits per heavy atom. The molecule has 0 aliphatic carbocycles. The van der Waals surface area contributed by atoms with Crippen molar-refractivity contribution in [2.45, 2.75) is 13.5 Å². The van der Waals surface area contributed by atoms with Crippen molar-refractivity contribution in [2.75, 3.05) is 31.3 Å². The van der Waals surface area contributed by atoms with E-state index in [1.54, 1.807) is 0 Å². The molecule has 0 unspecified atom stereocenters. The number of nitrogen functional groups attached to an aromatic ring is 1. The zero-order chi connectivity index (χ0) is 11.3. The van der Waals surface area contributed by atoms with Gasteiger partial charge in [-0.2, -0.15) is 11.8 Å². The zero-order valence-corrected chi connectivity index (χ0v) is 10.6. The number of anilines is 1. The van der Waals surface area contributed by atoms with Crippen molar-refractivity contribution in [2.24, 2.45) is 0 Å². The molecular formula is C12H20N2S. The van der Waals surface area contributed by atoms with Crippen molar-refractivity contribution in [1.29, 1.82) is 0 Å². The van der Waals surface area contributed by atoms with Gasteiger partial charge in [-0.1, -0.05) is 17.7 Å². The lowest BCUT2D eigenvalue weighted by molar-refractivity contribution is 0.349. The lowest BCUT2D eigenvalue weighted by Gasteiger charge is -2.17. The SMILES string of the molecule is CSCCN(C)Cc1cc(C)ccc1N. The van der Waals surface area contributed by atoms with E-state index >= 15 is 0 Å². The third kappa shape index (κ3) is 4.14. The van der Waals surface area contributed by atoms with E-state index in [9.17, 15) is 0 Å². The second-order valence-electron chi connectivity index (χ2n) is 3.93. The number of nitrogens with zero attached hydrogens (tertiary/aromatic N) is 1. The minimum Gasteiger partial charge on any atom is -0.398 e. The Morgan fingerprint density at radius 1 is 1.40 bits per heavy atom. The van der Waals surface area contributed by atoms with E-state index in [-0.39, 0.29) is 0 Å². The summed E-state index contributed by atoms with van der Waals surface area (Å²) >= 11 is 1.87. The molecule has 0 aromatic heterocycles. The Morgan fingerprint density at radius 2 is 2.13 bits per heavy atom. The highest BCUT2D eigenvalue weighted by Crippen LogP contribution is 2.15. The van der Waals surface area contributed by atoms with Crippen LogP contribution in [0.1, 0.15) is 11.1 Å². The largest absolute Gasteiger partial charge is 0.398 e. The Kier molecular flexibility index (Phi) is 4.99. The Hall–Kier alpha value is -0.670. The highest BCUT2D eigenvalue weighted by molar-refractivity contribution is 7.98. The van der Waals surface area contributed by atoms with Crippen molar-refractivity contribution in [1.82, 2.24) is 4.90 Å². The first kappa shape index (κ1) is 12.4. The molecule has 0 fully saturated rings. The first-order valence-corrected chi connectivity index (χ1v) is 6.55. The van der Waals surface area contributed by atoms with Gasteiger partial charge < -0.3 is 10.6 Å². The normalized spacial score (nSPS) is 10.9. The Bertz CT molecular complexity index is 312. The van der Waals surface area contributed by atoms with Gasteiger partial charge >= 0.3 is 0 Å². The van der Waals surface area contributed by atoms with Crippen LogP contribution in [0.2, 0.25) is 0 Å². The fourth-order valence-electron chi connectivity index (χ4n) is 1.49. The van der Waals surface area contributed by atoms with E-state index in [1.807, 2.05) is 17.8 Å². The molecule has 1 aromatic rings. The molecule has 0 atom stereocenters. The van der Waals surface area contributed by atoms with Crippen LogP contribution in [0.4, 0.5) is 5.69 Å². The summed E-state index contributed by atoms with van der Waals surface area (Å²) in [6, 6.07) is 6.22. The van der Waals surface area contributed by atoms with Gasteiger partial charge in [0.25, 0.3) is 0 Å². The quantitative estimate of drug-likeness (QED) is 0.779. The summed E-state index contributed by atoms with van der Waals surface area (Å²) < 4.78 is 0. The molecule has 0 aliphatic rings. The Labute approximate surface area is 96.8 Å². The predicted molar refractivity (Wildman–Crippen MR) is 70.3 cm³/mol. The van der Waals surface area contributed by atoms with Crippen molar-refractivity contribution in [3.63, 3.8) is 0 Å². The summed E-state index contributed by atoms with van der Waals surface area (Å²) in [5.41, 5.74) is 9.34. The number of nitrogens with two attached hydrogens (primary N) is 1. The zero-order valence-electron chi connectivity index (χ0n) is 9.79. The van der Waals surface area contributed by atoms with E-state index in [2.05, 4.69) is 37.3 Å². The van der Waals surface area contributed by atoms with Crippen LogP contribution >= 0.6 is 11.8 Å². The first-order valence-electron chi connectivity index (χ1n) is 5.16. The lowest BCUT2D eigenvalue weighted by Crippen LogP contribution is -2.21. The monoisotopic (exact) mass is 224 g/mol. The fourth-order valence-corrected chi connectivity index (χ4v) is 1.98. The number of hydrogen-bond acceptors (Lipinski definition) is 3. The summed E-state index contributed by atoms with van der Waals surface area (Å²) in [7, 11) is 2.14. The first-order chi connectivity index (χ1) is 7.13. The molecule has 0 spiro atoms. The summed E-state index contributed by atoms with van der Waals surface area (Å²) in [5, 5.41) is 0. The van der Waals surface area contributed by atoms with Gasteiger partial charge in [0.15, 0.2) is 0 Å². The van der Waals surface area contributed by atoms with Gasteiger partial charge in [-0.3, -0.25) is 0 Å². The topological polar surface area (TPSA) is 29.3 Å². The van der Waals surface area contributed by atoms with E-state index in [0.717, 1.165) is 18.8 Å². The lowest BCUT2D eigenvalue weighted by atomic mass is 10.1. The minimum absolute atomic E-state index is 0.900. The molecule has 2 N–H and O–H groups in total. The maximum absolute atomic E-state index is 5.93. The van der Waals surface area contributed by atoms with Gasteiger partial charge in [-0.15, -0.1) is 0 Å². The molecule has 3 heteroatoms. The molecule has 1 rings (SSSR count). The number of thioether (sulfide) groups is 1. The van der Waals surface area contributed by atoms with Crippen LogP contribution in [0.5, 0.6) is 0 Å². The number of hydrogen-bond donors (Lipinski definition) is 1. The fraction of sp³-hybridized carbons (Fsp3) is 0.500. The van der Waals surface area contributed by atoms with E-state index in [1.165, 1.54) is 16.9 Å². The highest BCUT2D eigenvalue weighted by atomic mass is 32.2. The number of rotatable bonds is 5. The summed E-state index contributed by atoms with van der Waals surface area (Å²) in [6.07, 6.45) is 2.13. The molecule has 0 saturated heterocycles. The predicted octanol–water partition coefficient (Wildman–Crippen LogP) is 2.37. The molecular weight excluding hydrogens is 204 g/mol. The third-order valence-corrected chi connectivity index (χ3v) is 3.01. The molecule has 15 heavy (non-hydrogen) atoms. The van der Waals surface area contributed by atoms with Crippen LogP contribution in [0, 0.1) is 6.92 Å². The summed E-state index contributed by atoms with van der Waals surface area (Å²) in [6.45, 7) is 4.15. The van der Waals surface area contributed by atoms with Gasteiger partial charge in [0.2, 0.25) is 0 Å². The molecule has 0 aliphatic heterocycles. The molecule has 2 nitrogen and oxygen atoms in total. The van der Waals surface area contributed by atoms with Crippen molar-refractivity contribution >= 4 is 17.4 Å². The van der Waals surface area contributed by atoms with Gasteiger partial charge in [0.05, 0.1) is 0 Å². The molecule has 0 radical (unpaired) electrons. The van der Waals surface area contributed by atoms with Crippen LogP contribution in [-0.2, 0) is 6.54 Å². The van der Waals surface area contributed by atoms with Gasteiger partial charge in [0.1, 0.15) is 0 Å². The molecule has 0 saturated carbocycles. The highest BCUT2D eigenvalue weighted by Gasteiger charge is 2.03. The van der Waals surface area contributed by atoms with Gasteiger partial charge in [-0.05, 0) is 31.9 Å². The van der Waals surface area contributed by atoms with Crippen LogP contribution in [0.3, 0.4) is 0 Å². The molecule has 0 amide bonds. The minimum atomic E-state index is 0.900. The van der Waals surface area contributed by atoms with E-state index < -0.39 is 0 Å². The van der Waals surface area contributed by atoms with E-state index in [0.29, 0.717) is 0 Å². The maximum atomic E-state index is 5.93. The summed E-state index contributed by atoms with van der Waals surface area (Å²) in [4.78, 5) is 2.31. The van der Waals surface area contributed by atoms with Crippen molar-refractivity contribution < 1.29 is 0 Å². The average molecular weight is 224 g/mol. The van der Waals surface area contributed by atoms with Gasteiger partial charge in [-0.25, -0.2) is 0 Å². The van der Waals surface area contributed by atoms with Crippen LogP contribution in [-0.4, -0.2) is 30.5 Å². The molecule has 1 aromatic carbocycles. The van der Waals surface area contributed by atoms with Crippen molar-refractivity contribution in [3.8, 4) is 0 Å². The standard InChI is InChI=1S/C12H20N2S/c1-10-4-5-12(13)11(8-10)9-14(2)6-7-15-3/h4-5,8H,6-7,9,13H2,1-3H3. The Balaban J connectivity index is 2.59. The van der Waals surface area contributed by atoms with Crippen LogP contribution < -0.4 is 5.73 Å². The second-order valence-corrected chi connectivity index (χ2v) is 4.92. The maximum Gasteiger partial charge on any atom is 0.0359 e. The van der Waals surface area contributed by atoms with Crippen LogP contribution in [0.25, 0.3) is 0 Å². The number of aryl methyl sites for hydroxylation is 1. The van der Waals surface area contributed by atoms with E-state index in [4.69, 9.17) is 5.73 Å². The third-order valence-electron chi connectivity index (χ3n) is 2.42. The summed E-state index contributed by atoms with van der Waals surface area (Å²) in [5.74, 6) is 1.17. The second kappa shape index (κ2) is 6.03. The van der Waals surface area contributed by atoms with Crippen molar-refractivity contribution in [3.05, 3.63) is 29.3 Å². The molecule has 0 heterocycles. The van der Waals surface area contributed by atoms with Crippen LogP contribution in [0.15, 0.2) is 18.2 Å².